The van der Waals surface area contributed by atoms with Crippen LogP contribution in [0, 0.1) is 6.92 Å². The molecule has 1 saturated carbocycles. The molecule has 2 rings (SSSR count). The Hall–Kier alpha value is -1.16. The molecule has 1 aromatic rings. The zero-order valence-electron chi connectivity index (χ0n) is 9.99. The van der Waals surface area contributed by atoms with Crippen molar-refractivity contribution in [3.63, 3.8) is 0 Å². The van der Waals surface area contributed by atoms with Crippen LogP contribution in [0.5, 0.6) is 6.01 Å². The van der Waals surface area contributed by atoms with Crippen LogP contribution in [-0.4, -0.2) is 23.1 Å². The number of hydrogen-bond donors (Lipinski definition) is 1. The summed E-state index contributed by atoms with van der Waals surface area (Å²) >= 11 is 0. The number of rotatable bonds is 4. The maximum atomic E-state index is 5.75. The third-order valence-corrected chi connectivity index (χ3v) is 3.00. The van der Waals surface area contributed by atoms with Crippen molar-refractivity contribution in [1.29, 1.82) is 0 Å². The molecule has 0 aliphatic heterocycles. The van der Waals surface area contributed by atoms with E-state index in [1.807, 2.05) is 20.2 Å². The molecule has 0 bridgehead atoms. The molecule has 4 nitrogen and oxygen atoms in total. The van der Waals surface area contributed by atoms with Crippen LogP contribution in [0.15, 0.2) is 6.20 Å². The summed E-state index contributed by atoms with van der Waals surface area (Å²) in [5, 5.41) is 3.10. The zero-order chi connectivity index (χ0) is 11.4. The third-order valence-electron chi connectivity index (χ3n) is 3.00. The fourth-order valence-corrected chi connectivity index (χ4v) is 2.05. The van der Waals surface area contributed by atoms with Crippen LogP contribution in [0.2, 0.25) is 0 Å². The Morgan fingerprint density at radius 3 is 2.81 bits per heavy atom. The largest absolute Gasteiger partial charge is 0.460 e. The molecule has 16 heavy (non-hydrogen) atoms. The van der Waals surface area contributed by atoms with Crippen molar-refractivity contribution in [2.24, 2.45) is 0 Å². The minimum absolute atomic E-state index is 0.328. The van der Waals surface area contributed by atoms with Gasteiger partial charge in [-0.1, -0.05) is 0 Å². The summed E-state index contributed by atoms with van der Waals surface area (Å²) in [6.45, 7) is 2.80. The zero-order valence-corrected chi connectivity index (χ0v) is 9.99. The monoisotopic (exact) mass is 221 g/mol. The van der Waals surface area contributed by atoms with Gasteiger partial charge in [0, 0.05) is 24.0 Å². The van der Waals surface area contributed by atoms with Gasteiger partial charge in [-0.05, 0) is 39.7 Å². The minimum Gasteiger partial charge on any atom is -0.460 e. The normalized spacial score (nSPS) is 16.6. The molecular formula is C12H19N3O. The van der Waals surface area contributed by atoms with Crippen molar-refractivity contribution in [2.45, 2.75) is 45.3 Å². The van der Waals surface area contributed by atoms with E-state index in [0.29, 0.717) is 12.1 Å². The predicted molar refractivity (Wildman–Crippen MR) is 62.4 cm³/mol. The van der Waals surface area contributed by atoms with Crippen molar-refractivity contribution in [1.82, 2.24) is 15.3 Å². The number of hydrogen-bond acceptors (Lipinski definition) is 4. The second-order valence-electron chi connectivity index (χ2n) is 4.32. The average molecular weight is 221 g/mol. The van der Waals surface area contributed by atoms with E-state index in [9.17, 15) is 0 Å². The highest BCUT2D eigenvalue weighted by Crippen LogP contribution is 2.22. The quantitative estimate of drug-likeness (QED) is 0.842. The number of ether oxygens (including phenoxy) is 1. The van der Waals surface area contributed by atoms with Crippen LogP contribution in [0.25, 0.3) is 0 Å². The van der Waals surface area contributed by atoms with Gasteiger partial charge in [-0.15, -0.1) is 0 Å². The smallest absolute Gasteiger partial charge is 0.316 e. The van der Waals surface area contributed by atoms with Crippen LogP contribution < -0.4 is 10.1 Å². The highest BCUT2D eigenvalue weighted by Gasteiger charge is 2.17. The maximum Gasteiger partial charge on any atom is 0.316 e. The second-order valence-corrected chi connectivity index (χ2v) is 4.32. The van der Waals surface area contributed by atoms with Crippen LogP contribution in [-0.2, 0) is 6.54 Å². The highest BCUT2D eigenvalue weighted by atomic mass is 16.5. The van der Waals surface area contributed by atoms with Crippen LogP contribution in [0.4, 0.5) is 0 Å². The molecule has 1 aliphatic carbocycles. The van der Waals surface area contributed by atoms with Crippen LogP contribution in [0.1, 0.15) is 36.9 Å². The molecule has 1 aromatic heterocycles. The van der Waals surface area contributed by atoms with E-state index in [2.05, 4.69) is 15.3 Å². The number of nitrogens with zero attached hydrogens (tertiary/aromatic N) is 2. The Balaban J connectivity index is 2.02. The van der Waals surface area contributed by atoms with Gasteiger partial charge in [0.25, 0.3) is 0 Å². The number of aryl methyl sites for hydroxylation is 1. The Labute approximate surface area is 96.4 Å². The lowest BCUT2D eigenvalue weighted by atomic mass is 10.2. The van der Waals surface area contributed by atoms with Gasteiger partial charge in [0.05, 0.1) is 0 Å². The molecule has 1 aliphatic rings. The van der Waals surface area contributed by atoms with Crippen molar-refractivity contribution >= 4 is 0 Å². The Kier molecular flexibility index (Phi) is 3.72. The number of nitrogens with one attached hydrogen (secondary N) is 1. The van der Waals surface area contributed by atoms with Crippen LogP contribution in [0.3, 0.4) is 0 Å². The molecule has 0 amide bonds. The van der Waals surface area contributed by atoms with Crippen molar-refractivity contribution < 1.29 is 4.74 Å². The maximum absolute atomic E-state index is 5.75. The fraction of sp³-hybridized carbons (Fsp3) is 0.667. The van der Waals surface area contributed by atoms with E-state index < -0.39 is 0 Å². The molecule has 0 aromatic carbocycles. The molecule has 0 saturated heterocycles. The van der Waals surface area contributed by atoms with Crippen molar-refractivity contribution in [2.75, 3.05) is 7.05 Å². The van der Waals surface area contributed by atoms with Gasteiger partial charge in [0.2, 0.25) is 0 Å². The predicted octanol–water partition coefficient (Wildman–Crippen LogP) is 1.83. The lowest BCUT2D eigenvalue weighted by Gasteiger charge is -2.12. The first-order valence-electron chi connectivity index (χ1n) is 5.93. The third kappa shape index (κ3) is 2.70. The molecule has 88 valence electrons. The number of aromatic nitrogens is 2. The highest BCUT2D eigenvalue weighted by molar-refractivity contribution is 5.17. The van der Waals surface area contributed by atoms with Gasteiger partial charge in [0.1, 0.15) is 6.10 Å². The van der Waals surface area contributed by atoms with Gasteiger partial charge in [-0.3, -0.25) is 0 Å². The summed E-state index contributed by atoms with van der Waals surface area (Å²) in [6.07, 6.45) is 6.99. The van der Waals surface area contributed by atoms with Gasteiger partial charge < -0.3 is 10.1 Å². The Morgan fingerprint density at radius 2 is 2.19 bits per heavy atom. The molecule has 0 unspecified atom stereocenters. The van der Waals surface area contributed by atoms with E-state index >= 15 is 0 Å². The van der Waals surface area contributed by atoms with E-state index in [1.165, 1.54) is 12.8 Å². The minimum atomic E-state index is 0.328. The van der Waals surface area contributed by atoms with E-state index in [1.54, 1.807) is 0 Å². The SMILES string of the molecule is CNCc1cnc(OC2CCCC2)nc1C. The van der Waals surface area contributed by atoms with Gasteiger partial charge in [-0.2, -0.15) is 0 Å². The van der Waals surface area contributed by atoms with E-state index in [4.69, 9.17) is 4.74 Å². The first kappa shape index (κ1) is 11.3. The summed E-state index contributed by atoms with van der Waals surface area (Å²) in [7, 11) is 1.92. The molecular weight excluding hydrogens is 202 g/mol. The molecule has 1 N–H and O–H groups in total. The fourth-order valence-electron chi connectivity index (χ4n) is 2.05. The molecule has 0 spiro atoms. The molecule has 1 fully saturated rings. The van der Waals surface area contributed by atoms with Gasteiger partial charge in [-0.25, -0.2) is 9.97 Å². The first-order valence-corrected chi connectivity index (χ1v) is 5.93. The standard InChI is InChI=1S/C12H19N3O/c1-9-10(7-13-2)8-14-12(15-9)16-11-5-3-4-6-11/h8,11,13H,3-7H2,1-2H3. The molecule has 0 atom stereocenters. The first-order chi connectivity index (χ1) is 7.79. The lowest BCUT2D eigenvalue weighted by Crippen LogP contribution is -2.14. The topological polar surface area (TPSA) is 47.0 Å². The molecule has 0 radical (unpaired) electrons. The summed E-state index contributed by atoms with van der Waals surface area (Å²) in [6, 6.07) is 0.532. The summed E-state index contributed by atoms with van der Waals surface area (Å²) in [5.41, 5.74) is 2.12. The molecule has 1 heterocycles. The van der Waals surface area contributed by atoms with Crippen molar-refractivity contribution in [3.8, 4) is 6.01 Å². The van der Waals surface area contributed by atoms with Crippen molar-refractivity contribution in [3.05, 3.63) is 17.5 Å². The summed E-state index contributed by atoms with van der Waals surface area (Å²) in [4.78, 5) is 8.63. The Bertz CT molecular complexity index is 348. The summed E-state index contributed by atoms with van der Waals surface area (Å²) < 4.78 is 5.75. The second kappa shape index (κ2) is 5.25. The van der Waals surface area contributed by atoms with Crippen LogP contribution >= 0.6 is 0 Å². The van der Waals surface area contributed by atoms with Gasteiger partial charge in [0.15, 0.2) is 0 Å². The Morgan fingerprint density at radius 1 is 1.44 bits per heavy atom. The van der Waals surface area contributed by atoms with E-state index in [0.717, 1.165) is 30.6 Å². The molecule has 4 heteroatoms. The summed E-state index contributed by atoms with van der Waals surface area (Å²) in [5.74, 6) is 0. The van der Waals surface area contributed by atoms with E-state index in [-0.39, 0.29) is 0 Å². The van der Waals surface area contributed by atoms with Gasteiger partial charge >= 0.3 is 6.01 Å². The lowest BCUT2D eigenvalue weighted by molar-refractivity contribution is 0.191. The average Bonchev–Trinajstić information content (AvgIpc) is 2.75.